The molecule has 0 amide bonds. The van der Waals surface area contributed by atoms with E-state index in [0.29, 0.717) is 22.6 Å². The van der Waals surface area contributed by atoms with Gasteiger partial charge < -0.3 is 9.47 Å². The summed E-state index contributed by atoms with van der Waals surface area (Å²) in [7, 11) is 1.53. The minimum atomic E-state index is -0.462. The van der Waals surface area contributed by atoms with E-state index >= 15 is 0 Å². The molecule has 5 heteroatoms. The Hall–Kier alpha value is -2.95. The highest BCUT2D eigenvalue weighted by Crippen LogP contribution is 2.27. The molecule has 0 unspecified atom stereocenters. The fourth-order valence-electron chi connectivity index (χ4n) is 2.22. The average molecular weight is 308 g/mol. The smallest absolute Gasteiger partial charge is 0.343 e. The minimum Gasteiger partial charge on any atom is -0.493 e. The molecule has 0 bridgehead atoms. The van der Waals surface area contributed by atoms with Crippen LogP contribution in [0.2, 0.25) is 0 Å². The first kappa shape index (κ1) is 15.0. The lowest BCUT2D eigenvalue weighted by atomic mass is 10.2. The number of aromatic nitrogens is 2. The summed E-state index contributed by atoms with van der Waals surface area (Å²) < 4.78 is 10.6. The van der Waals surface area contributed by atoms with E-state index in [1.54, 1.807) is 36.4 Å². The molecule has 1 aromatic heterocycles. The molecule has 0 saturated carbocycles. The van der Waals surface area contributed by atoms with Crippen LogP contribution >= 0.6 is 0 Å². The molecule has 1 heterocycles. The predicted molar refractivity (Wildman–Crippen MR) is 87.0 cm³/mol. The Labute approximate surface area is 133 Å². The topological polar surface area (TPSA) is 61.3 Å². The molecule has 0 saturated heterocycles. The van der Waals surface area contributed by atoms with Crippen molar-refractivity contribution < 1.29 is 14.3 Å². The van der Waals surface area contributed by atoms with Crippen LogP contribution in [-0.2, 0) is 0 Å². The van der Waals surface area contributed by atoms with Gasteiger partial charge in [0.2, 0.25) is 0 Å². The summed E-state index contributed by atoms with van der Waals surface area (Å²) in [5.74, 6) is 0.426. The first-order chi connectivity index (χ1) is 11.1. The van der Waals surface area contributed by atoms with E-state index in [0.717, 1.165) is 16.9 Å². The highest BCUT2D eigenvalue weighted by Gasteiger charge is 2.13. The van der Waals surface area contributed by atoms with Crippen LogP contribution in [0.3, 0.4) is 0 Å². The van der Waals surface area contributed by atoms with Crippen LogP contribution in [-0.4, -0.2) is 23.0 Å². The fraction of sp³-hybridized carbons (Fsp3) is 0.167. The third kappa shape index (κ3) is 2.99. The summed E-state index contributed by atoms with van der Waals surface area (Å²) in [6.45, 7) is 3.80. The molecule has 0 aliphatic carbocycles. The van der Waals surface area contributed by atoms with Crippen molar-refractivity contribution in [1.29, 1.82) is 0 Å². The van der Waals surface area contributed by atoms with Gasteiger partial charge in [-0.25, -0.2) is 14.8 Å². The highest BCUT2D eigenvalue weighted by molar-refractivity contribution is 5.95. The Morgan fingerprint density at radius 2 is 1.57 bits per heavy atom. The van der Waals surface area contributed by atoms with E-state index in [4.69, 9.17) is 9.47 Å². The summed E-state index contributed by atoms with van der Waals surface area (Å²) in [5.41, 5.74) is 3.56. The van der Waals surface area contributed by atoms with Crippen molar-refractivity contribution in [2.45, 2.75) is 13.8 Å². The number of carbonyl (C=O) groups excluding carboxylic acids is 1. The maximum Gasteiger partial charge on any atom is 0.343 e. The number of ether oxygens (including phenoxy) is 2. The molecular weight excluding hydrogens is 292 g/mol. The zero-order valence-corrected chi connectivity index (χ0v) is 13.2. The molecule has 0 aliphatic heterocycles. The maximum atomic E-state index is 12.4. The van der Waals surface area contributed by atoms with E-state index in [9.17, 15) is 4.79 Å². The number of fused-ring (bicyclic) bond motifs is 1. The van der Waals surface area contributed by atoms with E-state index in [1.165, 1.54) is 7.11 Å². The molecule has 116 valence electrons. The Kier molecular flexibility index (Phi) is 3.93. The number of para-hydroxylation sites is 2. The van der Waals surface area contributed by atoms with E-state index in [2.05, 4.69) is 9.97 Å². The van der Waals surface area contributed by atoms with Crippen LogP contribution in [0.25, 0.3) is 11.0 Å². The fourth-order valence-corrected chi connectivity index (χ4v) is 2.22. The van der Waals surface area contributed by atoms with Gasteiger partial charge in [0.05, 0.1) is 35.1 Å². The molecule has 5 nitrogen and oxygen atoms in total. The molecule has 2 aromatic carbocycles. The second-order valence-electron chi connectivity index (χ2n) is 5.14. The van der Waals surface area contributed by atoms with Gasteiger partial charge in [0.1, 0.15) is 0 Å². The second-order valence-corrected chi connectivity index (χ2v) is 5.14. The van der Waals surface area contributed by atoms with Crippen LogP contribution in [0, 0.1) is 13.8 Å². The maximum absolute atomic E-state index is 12.4. The molecule has 3 rings (SSSR count). The van der Waals surface area contributed by atoms with Gasteiger partial charge in [-0.1, -0.05) is 12.1 Å². The van der Waals surface area contributed by atoms with Gasteiger partial charge in [0.15, 0.2) is 11.5 Å². The van der Waals surface area contributed by atoms with Crippen LogP contribution < -0.4 is 9.47 Å². The first-order valence-electron chi connectivity index (χ1n) is 7.18. The quantitative estimate of drug-likeness (QED) is 0.547. The minimum absolute atomic E-state index is 0.381. The molecule has 0 spiro atoms. The summed E-state index contributed by atoms with van der Waals surface area (Å²) >= 11 is 0. The molecule has 23 heavy (non-hydrogen) atoms. The molecule has 0 radical (unpaired) electrons. The van der Waals surface area contributed by atoms with E-state index < -0.39 is 5.97 Å². The summed E-state index contributed by atoms with van der Waals surface area (Å²) in [6, 6.07) is 12.2. The zero-order valence-electron chi connectivity index (χ0n) is 13.2. The standard InChI is InChI=1S/C18H16N2O3/c1-11-12(2)20-15-10-13(8-9-14(15)19-11)18(21)23-17-7-5-4-6-16(17)22-3/h4-10H,1-3H3. The SMILES string of the molecule is COc1ccccc1OC(=O)c1ccc2nc(C)c(C)nc2c1. The number of nitrogens with zero attached hydrogens (tertiary/aromatic N) is 2. The number of methoxy groups -OCH3 is 1. The van der Waals surface area contributed by atoms with E-state index in [-0.39, 0.29) is 0 Å². The summed E-state index contributed by atoms with van der Waals surface area (Å²) in [6.07, 6.45) is 0. The molecule has 0 fully saturated rings. The lowest BCUT2D eigenvalue weighted by Crippen LogP contribution is -2.09. The Balaban J connectivity index is 1.93. The Morgan fingerprint density at radius 1 is 0.913 bits per heavy atom. The molecule has 0 aliphatic rings. The number of hydrogen-bond acceptors (Lipinski definition) is 5. The summed E-state index contributed by atoms with van der Waals surface area (Å²) in [4.78, 5) is 21.3. The van der Waals surface area contributed by atoms with Gasteiger partial charge in [-0.3, -0.25) is 0 Å². The molecule has 0 atom stereocenters. The van der Waals surface area contributed by atoms with Crippen molar-refractivity contribution in [3.8, 4) is 11.5 Å². The number of esters is 1. The third-order valence-electron chi connectivity index (χ3n) is 3.58. The number of hydrogen-bond donors (Lipinski definition) is 0. The number of rotatable bonds is 3. The highest BCUT2D eigenvalue weighted by atomic mass is 16.6. The van der Waals surface area contributed by atoms with Crippen LogP contribution in [0.1, 0.15) is 21.7 Å². The zero-order chi connectivity index (χ0) is 16.4. The largest absolute Gasteiger partial charge is 0.493 e. The average Bonchev–Trinajstić information content (AvgIpc) is 2.56. The van der Waals surface area contributed by atoms with Gasteiger partial charge in [0.25, 0.3) is 0 Å². The lowest BCUT2D eigenvalue weighted by molar-refractivity contribution is 0.0730. The third-order valence-corrected chi connectivity index (χ3v) is 3.58. The van der Waals surface area contributed by atoms with Crippen LogP contribution in [0.4, 0.5) is 0 Å². The van der Waals surface area contributed by atoms with Gasteiger partial charge in [-0.2, -0.15) is 0 Å². The van der Waals surface area contributed by atoms with Crippen molar-refractivity contribution in [1.82, 2.24) is 9.97 Å². The Bertz CT molecular complexity index is 891. The monoisotopic (exact) mass is 308 g/mol. The molecular formula is C18H16N2O3. The Morgan fingerprint density at radius 3 is 2.26 bits per heavy atom. The number of carbonyl (C=O) groups is 1. The molecule has 0 N–H and O–H groups in total. The van der Waals surface area contributed by atoms with Crippen molar-refractivity contribution >= 4 is 17.0 Å². The van der Waals surface area contributed by atoms with Crippen molar-refractivity contribution in [3.05, 3.63) is 59.4 Å². The molecule has 3 aromatic rings. The van der Waals surface area contributed by atoms with E-state index in [1.807, 2.05) is 19.9 Å². The van der Waals surface area contributed by atoms with Crippen LogP contribution in [0.5, 0.6) is 11.5 Å². The van der Waals surface area contributed by atoms with Gasteiger partial charge >= 0.3 is 5.97 Å². The van der Waals surface area contributed by atoms with Crippen molar-refractivity contribution in [2.75, 3.05) is 7.11 Å². The number of aryl methyl sites for hydroxylation is 2. The second kappa shape index (κ2) is 6.04. The van der Waals surface area contributed by atoms with Gasteiger partial charge in [0, 0.05) is 0 Å². The summed E-state index contributed by atoms with van der Waals surface area (Å²) in [5, 5.41) is 0. The van der Waals surface area contributed by atoms with Crippen molar-refractivity contribution in [2.24, 2.45) is 0 Å². The van der Waals surface area contributed by atoms with Gasteiger partial charge in [-0.05, 0) is 44.2 Å². The van der Waals surface area contributed by atoms with Crippen molar-refractivity contribution in [3.63, 3.8) is 0 Å². The first-order valence-corrected chi connectivity index (χ1v) is 7.18. The van der Waals surface area contributed by atoms with Gasteiger partial charge in [-0.15, -0.1) is 0 Å². The number of benzene rings is 2. The predicted octanol–water partition coefficient (Wildman–Crippen LogP) is 3.47. The van der Waals surface area contributed by atoms with Crippen LogP contribution in [0.15, 0.2) is 42.5 Å². The lowest BCUT2D eigenvalue weighted by Gasteiger charge is -2.09. The normalized spacial score (nSPS) is 10.6.